The van der Waals surface area contributed by atoms with Gasteiger partial charge < -0.3 is 10.6 Å². The minimum atomic E-state index is 0.380. The maximum Gasteiger partial charge on any atom is 0.222 e. The van der Waals surface area contributed by atoms with E-state index in [4.69, 9.17) is 5.73 Å². The van der Waals surface area contributed by atoms with Crippen molar-refractivity contribution >= 4 is 11.8 Å². The Morgan fingerprint density at radius 2 is 2.06 bits per heavy atom. The number of aryl methyl sites for hydroxylation is 1. The van der Waals surface area contributed by atoms with Gasteiger partial charge in [-0.2, -0.15) is 4.98 Å². The zero-order valence-electron chi connectivity index (χ0n) is 11.0. The molecule has 4 heteroatoms. The molecular weight excluding hydrogens is 212 g/mol. The Hall–Kier alpha value is -1.32. The SMILES string of the molecule is CCC1(CC)CCN(c2cc(C)nc(N)n2)C1. The molecule has 0 atom stereocenters. The lowest BCUT2D eigenvalue weighted by Crippen LogP contribution is -2.27. The second-order valence-corrected chi connectivity index (χ2v) is 5.10. The summed E-state index contributed by atoms with van der Waals surface area (Å²) in [4.78, 5) is 10.8. The summed E-state index contributed by atoms with van der Waals surface area (Å²) in [5.74, 6) is 1.37. The van der Waals surface area contributed by atoms with E-state index in [2.05, 4.69) is 28.7 Å². The maximum atomic E-state index is 5.71. The number of nitrogens with zero attached hydrogens (tertiary/aromatic N) is 3. The van der Waals surface area contributed by atoms with Gasteiger partial charge in [0.15, 0.2) is 0 Å². The van der Waals surface area contributed by atoms with Crippen LogP contribution >= 0.6 is 0 Å². The fraction of sp³-hybridized carbons (Fsp3) is 0.692. The van der Waals surface area contributed by atoms with Gasteiger partial charge in [-0.05, 0) is 31.6 Å². The number of nitrogen functional groups attached to an aromatic ring is 1. The molecule has 1 aliphatic rings. The summed E-state index contributed by atoms with van der Waals surface area (Å²) in [6.45, 7) is 8.71. The summed E-state index contributed by atoms with van der Waals surface area (Å²) in [6, 6.07) is 2.03. The Morgan fingerprint density at radius 1 is 1.35 bits per heavy atom. The summed E-state index contributed by atoms with van der Waals surface area (Å²) in [6.07, 6.45) is 3.72. The van der Waals surface area contributed by atoms with Gasteiger partial charge in [0.05, 0.1) is 0 Å². The third kappa shape index (κ3) is 2.35. The molecule has 1 aromatic heterocycles. The van der Waals surface area contributed by atoms with Crippen LogP contribution in [0, 0.1) is 12.3 Å². The summed E-state index contributed by atoms with van der Waals surface area (Å²) in [7, 11) is 0. The summed E-state index contributed by atoms with van der Waals surface area (Å²) >= 11 is 0. The molecule has 1 aliphatic heterocycles. The Labute approximate surface area is 103 Å². The second kappa shape index (κ2) is 4.51. The highest BCUT2D eigenvalue weighted by Gasteiger charge is 2.35. The zero-order valence-corrected chi connectivity index (χ0v) is 11.0. The molecule has 2 heterocycles. The first-order chi connectivity index (χ1) is 8.08. The van der Waals surface area contributed by atoms with Crippen molar-refractivity contribution in [3.63, 3.8) is 0 Å². The highest BCUT2D eigenvalue weighted by molar-refractivity contribution is 5.44. The van der Waals surface area contributed by atoms with Crippen molar-refractivity contribution in [2.24, 2.45) is 5.41 Å². The molecule has 0 unspecified atom stereocenters. The average Bonchev–Trinajstić information content (AvgIpc) is 2.73. The first kappa shape index (κ1) is 12.1. The molecule has 0 spiro atoms. The quantitative estimate of drug-likeness (QED) is 0.872. The Bertz CT molecular complexity index is 378. The van der Waals surface area contributed by atoms with E-state index in [9.17, 15) is 0 Å². The fourth-order valence-corrected chi connectivity index (χ4v) is 2.69. The van der Waals surface area contributed by atoms with Gasteiger partial charge in [0.1, 0.15) is 5.82 Å². The minimum absolute atomic E-state index is 0.380. The number of aromatic nitrogens is 2. The topological polar surface area (TPSA) is 55.0 Å². The number of rotatable bonds is 3. The van der Waals surface area contributed by atoms with E-state index in [1.54, 1.807) is 0 Å². The van der Waals surface area contributed by atoms with Crippen LogP contribution in [0.1, 0.15) is 38.8 Å². The van der Waals surface area contributed by atoms with Gasteiger partial charge in [0, 0.05) is 24.8 Å². The van der Waals surface area contributed by atoms with E-state index in [0.717, 1.165) is 24.6 Å². The van der Waals surface area contributed by atoms with Gasteiger partial charge in [-0.15, -0.1) is 0 Å². The monoisotopic (exact) mass is 234 g/mol. The number of anilines is 2. The van der Waals surface area contributed by atoms with Crippen LogP contribution in [0.2, 0.25) is 0 Å². The van der Waals surface area contributed by atoms with Gasteiger partial charge >= 0.3 is 0 Å². The molecule has 0 amide bonds. The standard InChI is InChI=1S/C13H22N4/c1-4-13(5-2)6-7-17(9-13)11-8-10(3)15-12(14)16-11/h8H,4-7,9H2,1-3H3,(H2,14,15,16). The lowest BCUT2D eigenvalue weighted by molar-refractivity contribution is 0.301. The molecule has 4 nitrogen and oxygen atoms in total. The molecule has 0 radical (unpaired) electrons. The predicted molar refractivity (Wildman–Crippen MR) is 71.0 cm³/mol. The lowest BCUT2D eigenvalue weighted by Gasteiger charge is -2.26. The zero-order chi connectivity index (χ0) is 12.5. The van der Waals surface area contributed by atoms with Crippen LogP contribution < -0.4 is 10.6 Å². The van der Waals surface area contributed by atoms with Crippen LogP contribution in [0.25, 0.3) is 0 Å². The maximum absolute atomic E-state index is 5.71. The molecule has 94 valence electrons. The largest absolute Gasteiger partial charge is 0.368 e. The summed E-state index contributed by atoms with van der Waals surface area (Å²) in [5, 5.41) is 0. The van der Waals surface area contributed by atoms with E-state index in [1.807, 2.05) is 13.0 Å². The summed E-state index contributed by atoms with van der Waals surface area (Å²) < 4.78 is 0. The van der Waals surface area contributed by atoms with Gasteiger partial charge in [-0.1, -0.05) is 13.8 Å². The number of hydrogen-bond acceptors (Lipinski definition) is 4. The van der Waals surface area contributed by atoms with E-state index in [1.165, 1.54) is 19.3 Å². The van der Waals surface area contributed by atoms with E-state index in [-0.39, 0.29) is 0 Å². The van der Waals surface area contributed by atoms with Crippen LogP contribution in [0.5, 0.6) is 0 Å². The van der Waals surface area contributed by atoms with Gasteiger partial charge in [0.25, 0.3) is 0 Å². The average molecular weight is 234 g/mol. The third-order valence-corrected chi connectivity index (χ3v) is 4.12. The molecular formula is C13H22N4. The second-order valence-electron chi connectivity index (χ2n) is 5.10. The van der Waals surface area contributed by atoms with Crippen LogP contribution in [0.3, 0.4) is 0 Å². The Balaban J connectivity index is 2.20. The Morgan fingerprint density at radius 3 is 2.59 bits per heavy atom. The molecule has 0 aliphatic carbocycles. The van der Waals surface area contributed by atoms with Crippen LogP contribution in [0.15, 0.2) is 6.07 Å². The number of nitrogens with two attached hydrogens (primary N) is 1. The van der Waals surface area contributed by atoms with Crippen molar-refractivity contribution in [2.45, 2.75) is 40.0 Å². The molecule has 1 aromatic rings. The van der Waals surface area contributed by atoms with Crippen LogP contribution in [0.4, 0.5) is 11.8 Å². The van der Waals surface area contributed by atoms with Crippen molar-refractivity contribution in [2.75, 3.05) is 23.7 Å². The normalized spacial score (nSPS) is 18.6. The van der Waals surface area contributed by atoms with E-state index < -0.39 is 0 Å². The smallest absolute Gasteiger partial charge is 0.222 e. The van der Waals surface area contributed by atoms with Gasteiger partial charge in [-0.3, -0.25) is 0 Å². The lowest BCUT2D eigenvalue weighted by atomic mass is 9.82. The predicted octanol–water partition coefficient (Wildman–Crippen LogP) is 2.38. The Kier molecular flexibility index (Phi) is 3.22. The molecule has 2 rings (SSSR count). The van der Waals surface area contributed by atoms with Crippen molar-refractivity contribution in [1.82, 2.24) is 9.97 Å². The van der Waals surface area contributed by atoms with Crippen LogP contribution in [-0.2, 0) is 0 Å². The first-order valence-corrected chi connectivity index (χ1v) is 6.44. The highest BCUT2D eigenvalue weighted by atomic mass is 15.2. The summed E-state index contributed by atoms with van der Waals surface area (Å²) in [5.41, 5.74) is 7.12. The molecule has 0 aromatic carbocycles. The fourth-order valence-electron chi connectivity index (χ4n) is 2.69. The van der Waals surface area contributed by atoms with Crippen molar-refractivity contribution in [1.29, 1.82) is 0 Å². The molecule has 1 saturated heterocycles. The van der Waals surface area contributed by atoms with Crippen molar-refractivity contribution in [3.05, 3.63) is 11.8 Å². The molecule has 1 fully saturated rings. The van der Waals surface area contributed by atoms with E-state index >= 15 is 0 Å². The molecule has 17 heavy (non-hydrogen) atoms. The van der Waals surface area contributed by atoms with Crippen molar-refractivity contribution < 1.29 is 0 Å². The number of hydrogen-bond donors (Lipinski definition) is 1. The van der Waals surface area contributed by atoms with Gasteiger partial charge in [-0.25, -0.2) is 4.98 Å². The molecule has 0 saturated carbocycles. The molecule has 2 N–H and O–H groups in total. The third-order valence-electron chi connectivity index (χ3n) is 4.12. The van der Waals surface area contributed by atoms with Gasteiger partial charge in [0.2, 0.25) is 5.95 Å². The van der Waals surface area contributed by atoms with Crippen LogP contribution in [-0.4, -0.2) is 23.1 Å². The minimum Gasteiger partial charge on any atom is -0.368 e. The first-order valence-electron chi connectivity index (χ1n) is 6.44. The van der Waals surface area contributed by atoms with Crippen molar-refractivity contribution in [3.8, 4) is 0 Å². The molecule has 0 bridgehead atoms. The van der Waals surface area contributed by atoms with E-state index in [0.29, 0.717) is 11.4 Å². The highest BCUT2D eigenvalue weighted by Crippen LogP contribution is 2.38.